The maximum atomic E-state index is 8.97. The van der Waals surface area contributed by atoms with E-state index < -0.39 is 0 Å². The number of nitrogens with two attached hydrogens (primary N) is 1. The minimum Gasteiger partial charge on any atom is -0.473 e. The van der Waals surface area contributed by atoms with E-state index in [4.69, 9.17) is 15.7 Å². The average Bonchev–Trinajstić information content (AvgIpc) is 2.46. The van der Waals surface area contributed by atoms with E-state index in [0.29, 0.717) is 5.88 Å². The highest BCUT2D eigenvalue weighted by Crippen LogP contribution is 2.32. The lowest BCUT2D eigenvalue weighted by atomic mass is 9.90. The van der Waals surface area contributed by atoms with Gasteiger partial charge in [0.25, 0.3) is 0 Å². The van der Waals surface area contributed by atoms with Crippen molar-refractivity contribution in [3.05, 3.63) is 18.3 Å². The average molecular weight is 272 g/mol. The van der Waals surface area contributed by atoms with Crippen molar-refractivity contribution in [3.8, 4) is 11.9 Å². The van der Waals surface area contributed by atoms with Gasteiger partial charge in [0.2, 0.25) is 5.88 Å². The molecule has 1 aliphatic heterocycles. The highest BCUT2D eigenvalue weighted by Gasteiger charge is 2.29. The number of nitriles is 1. The highest BCUT2D eigenvalue weighted by molar-refractivity contribution is 5.55. The lowest BCUT2D eigenvalue weighted by molar-refractivity contribution is 0.0962. The molecule has 1 saturated heterocycles. The van der Waals surface area contributed by atoms with Gasteiger partial charge >= 0.3 is 0 Å². The van der Waals surface area contributed by atoms with Gasteiger partial charge in [0.1, 0.15) is 6.10 Å². The summed E-state index contributed by atoms with van der Waals surface area (Å²) in [6, 6.07) is 6.62. The van der Waals surface area contributed by atoms with E-state index in [0.717, 1.165) is 44.5 Å². The van der Waals surface area contributed by atoms with Crippen LogP contribution in [0.25, 0.3) is 0 Å². The third-order valence-corrected chi connectivity index (χ3v) is 4.18. The van der Waals surface area contributed by atoms with Gasteiger partial charge < -0.3 is 15.4 Å². The zero-order chi connectivity index (χ0) is 13.9. The number of nitrogens with zero attached hydrogens (tertiary/aromatic N) is 3. The molecule has 0 amide bonds. The molecule has 106 valence electrons. The summed E-state index contributed by atoms with van der Waals surface area (Å²) >= 11 is 0. The fourth-order valence-electron chi connectivity index (χ4n) is 2.82. The van der Waals surface area contributed by atoms with Gasteiger partial charge in [0.05, 0.1) is 11.8 Å². The number of pyridine rings is 1. The van der Waals surface area contributed by atoms with Crippen LogP contribution < -0.4 is 15.4 Å². The summed E-state index contributed by atoms with van der Waals surface area (Å²) in [4.78, 5) is 6.64. The number of ether oxygens (including phenoxy) is 1. The molecule has 2 heterocycles. The van der Waals surface area contributed by atoms with Crippen LogP contribution in [0.3, 0.4) is 0 Å². The van der Waals surface area contributed by atoms with Gasteiger partial charge in [0.15, 0.2) is 0 Å². The number of hydrogen-bond acceptors (Lipinski definition) is 5. The van der Waals surface area contributed by atoms with Crippen LogP contribution in [-0.4, -0.2) is 30.2 Å². The molecule has 2 aliphatic rings. The van der Waals surface area contributed by atoms with Crippen LogP contribution >= 0.6 is 0 Å². The first-order valence-corrected chi connectivity index (χ1v) is 7.28. The first-order chi connectivity index (χ1) is 9.76. The van der Waals surface area contributed by atoms with Crippen molar-refractivity contribution in [2.75, 3.05) is 18.0 Å². The summed E-state index contributed by atoms with van der Waals surface area (Å²) in [5, 5.41) is 8.97. The van der Waals surface area contributed by atoms with Crippen LogP contribution in [0.4, 0.5) is 5.69 Å². The molecule has 0 unspecified atom stereocenters. The van der Waals surface area contributed by atoms with Gasteiger partial charge in [-0.2, -0.15) is 5.26 Å². The largest absolute Gasteiger partial charge is 0.473 e. The zero-order valence-corrected chi connectivity index (χ0v) is 11.5. The Morgan fingerprint density at radius 1 is 1.35 bits per heavy atom. The maximum Gasteiger partial charge on any atom is 0.237 e. The summed E-state index contributed by atoms with van der Waals surface area (Å²) in [5.41, 5.74) is 6.84. The van der Waals surface area contributed by atoms with Gasteiger partial charge in [-0.25, -0.2) is 4.98 Å². The molecule has 0 spiro atoms. The Hall–Kier alpha value is -1.80. The van der Waals surface area contributed by atoms with Crippen LogP contribution in [0, 0.1) is 17.2 Å². The number of anilines is 1. The Labute approximate surface area is 119 Å². The molecule has 20 heavy (non-hydrogen) atoms. The second kappa shape index (κ2) is 5.68. The molecule has 0 bridgehead atoms. The Balaban J connectivity index is 1.68. The van der Waals surface area contributed by atoms with E-state index in [1.165, 1.54) is 0 Å². The van der Waals surface area contributed by atoms with Gasteiger partial charge in [0, 0.05) is 31.2 Å². The smallest absolute Gasteiger partial charge is 0.237 e. The highest BCUT2D eigenvalue weighted by atomic mass is 16.5. The minimum atomic E-state index is 0.192. The topological polar surface area (TPSA) is 75.2 Å². The normalized spacial score (nSPS) is 26.7. The van der Waals surface area contributed by atoms with Crippen LogP contribution in [0.2, 0.25) is 0 Å². The number of piperidine rings is 1. The van der Waals surface area contributed by atoms with Crippen molar-refractivity contribution >= 4 is 5.69 Å². The molecule has 0 radical (unpaired) electrons. The molecule has 2 fully saturated rings. The number of aromatic nitrogens is 1. The van der Waals surface area contributed by atoms with E-state index in [2.05, 4.69) is 16.0 Å². The van der Waals surface area contributed by atoms with Crippen molar-refractivity contribution in [1.82, 2.24) is 4.98 Å². The SMILES string of the molecule is N#CC1CCN(c2cccnc2OC2CC(N)C2)CC1. The van der Waals surface area contributed by atoms with Gasteiger partial charge in [-0.1, -0.05) is 0 Å². The van der Waals surface area contributed by atoms with Crippen molar-refractivity contribution in [3.63, 3.8) is 0 Å². The van der Waals surface area contributed by atoms with Gasteiger partial charge in [-0.3, -0.25) is 0 Å². The molecule has 1 aromatic rings. The van der Waals surface area contributed by atoms with E-state index >= 15 is 0 Å². The van der Waals surface area contributed by atoms with E-state index in [9.17, 15) is 0 Å². The molecule has 1 saturated carbocycles. The molecule has 5 heteroatoms. The van der Waals surface area contributed by atoms with E-state index in [1.54, 1.807) is 6.20 Å². The van der Waals surface area contributed by atoms with Crippen LogP contribution in [0.5, 0.6) is 5.88 Å². The number of rotatable bonds is 3. The molecule has 3 rings (SSSR count). The third kappa shape index (κ3) is 2.70. The van der Waals surface area contributed by atoms with Crippen molar-refractivity contribution in [1.29, 1.82) is 5.26 Å². The lowest BCUT2D eigenvalue weighted by Crippen LogP contribution is -2.43. The Morgan fingerprint density at radius 3 is 2.75 bits per heavy atom. The van der Waals surface area contributed by atoms with E-state index in [1.807, 2.05) is 12.1 Å². The third-order valence-electron chi connectivity index (χ3n) is 4.18. The van der Waals surface area contributed by atoms with Crippen molar-refractivity contribution in [2.45, 2.75) is 37.8 Å². The Morgan fingerprint density at radius 2 is 2.10 bits per heavy atom. The van der Waals surface area contributed by atoms with Gasteiger partial charge in [-0.15, -0.1) is 0 Å². The predicted molar refractivity (Wildman–Crippen MR) is 76.4 cm³/mol. The lowest BCUT2D eigenvalue weighted by Gasteiger charge is -2.35. The first kappa shape index (κ1) is 13.2. The minimum absolute atomic E-state index is 0.192. The first-order valence-electron chi connectivity index (χ1n) is 7.28. The van der Waals surface area contributed by atoms with Crippen LogP contribution in [0.1, 0.15) is 25.7 Å². The molecule has 0 atom stereocenters. The molecule has 5 nitrogen and oxygen atoms in total. The standard InChI is InChI=1S/C15H20N4O/c16-10-11-3-6-19(7-4-11)14-2-1-5-18-15(14)20-13-8-12(17)9-13/h1-2,5,11-13H,3-4,6-9,17H2. The maximum absolute atomic E-state index is 8.97. The van der Waals surface area contributed by atoms with Crippen molar-refractivity contribution in [2.24, 2.45) is 11.7 Å². The molecule has 0 aromatic carbocycles. The Bertz CT molecular complexity index is 499. The molecule has 1 aromatic heterocycles. The monoisotopic (exact) mass is 272 g/mol. The predicted octanol–water partition coefficient (Wildman–Crippen LogP) is 1.69. The quantitative estimate of drug-likeness (QED) is 0.906. The molecular formula is C15H20N4O. The summed E-state index contributed by atoms with van der Waals surface area (Å²) in [6.45, 7) is 1.79. The number of hydrogen-bond donors (Lipinski definition) is 1. The molecule has 2 N–H and O–H groups in total. The summed E-state index contributed by atoms with van der Waals surface area (Å²) in [6.07, 6.45) is 5.62. The molecule has 1 aliphatic carbocycles. The summed E-state index contributed by atoms with van der Waals surface area (Å²) in [5.74, 6) is 0.900. The van der Waals surface area contributed by atoms with E-state index in [-0.39, 0.29) is 18.1 Å². The van der Waals surface area contributed by atoms with Crippen LogP contribution in [-0.2, 0) is 0 Å². The Kier molecular flexibility index (Phi) is 3.75. The fourth-order valence-corrected chi connectivity index (χ4v) is 2.82. The summed E-state index contributed by atoms with van der Waals surface area (Å²) < 4.78 is 5.96. The second-order valence-electron chi connectivity index (χ2n) is 5.69. The zero-order valence-electron chi connectivity index (χ0n) is 11.5. The summed E-state index contributed by atoms with van der Waals surface area (Å²) in [7, 11) is 0. The van der Waals surface area contributed by atoms with Crippen LogP contribution in [0.15, 0.2) is 18.3 Å². The van der Waals surface area contributed by atoms with Gasteiger partial charge in [-0.05, 0) is 37.8 Å². The fraction of sp³-hybridized carbons (Fsp3) is 0.600. The molecular weight excluding hydrogens is 252 g/mol. The second-order valence-corrected chi connectivity index (χ2v) is 5.69. The van der Waals surface area contributed by atoms with Crippen molar-refractivity contribution < 1.29 is 4.74 Å².